The molecule has 2 aromatic rings. The summed E-state index contributed by atoms with van der Waals surface area (Å²) in [4.78, 5) is 22.4. The maximum Gasteiger partial charge on any atom is 0.339 e. The molecule has 0 bridgehead atoms. The highest BCUT2D eigenvalue weighted by molar-refractivity contribution is 6.28. The fourth-order valence-corrected chi connectivity index (χ4v) is 1.59. The van der Waals surface area contributed by atoms with Gasteiger partial charge in [-0.15, -0.1) is 4.98 Å². The Bertz CT molecular complexity index is 680. The van der Waals surface area contributed by atoms with Gasteiger partial charge in [-0.05, 0) is 23.7 Å². The predicted molar refractivity (Wildman–Crippen MR) is 71.4 cm³/mol. The third kappa shape index (κ3) is 3.48. The zero-order valence-corrected chi connectivity index (χ0v) is 11.8. The Morgan fingerprint density at radius 1 is 1.14 bits per heavy atom. The van der Waals surface area contributed by atoms with Crippen LogP contribution in [0.5, 0.6) is 23.5 Å². The van der Waals surface area contributed by atoms with Crippen molar-refractivity contribution in [1.29, 1.82) is 0 Å². The van der Waals surface area contributed by atoms with Crippen molar-refractivity contribution < 1.29 is 24.1 Å². The molecule has 0 atom stereocenters. The molecular weight excluding hydrogens is 302 g/mol. The van der Waals surface area contributed by atoms with Gasteiger partial charge in [0, 0.05) is 6.07 Å². The molecule has 1 aromatic heterocycles. The summed E-state index contributed by atoms with van der Waals surface area (Å²) < 4.78 is 15.2. The molecule has 0 unspecified atom stereocenters. The van der Waals surface area contributed by atoms with Gasteiger partial charge in [-0.25, -0.2) is 4.79 Å². The maximum atomic E-state index is 11.2. The Labute approximate surface area is 124 Å². The second-order valence-electron chi connectivity index (χ2n) is 3.64. The van der Waals surface area contributed by atoms with Crippen molar-refractivity contribution in [2.24, 2.45) is 0 Å². The zero-order chi connectivity index (χ0) is 15.4. The van der Waals surface area contributed by atoms with E-state index in [1.165, 1.54) is 32.4 Å². The molecule has 2 rings (SSSR count). The molecule has 0 aliphatic carbocycles. The highest BCUT2D eigenvalue weighted by Gasteiger charge is 2.16. The van der Waals surface area contributed by atoms with E-state index in [1.807, 2.05) is 0 Å². The van der Waals surface area contributed by atoms with Crippen LogP contribution in [0.4, 0.5) is 0 Å². The zero-order valence-electron chi connectivity index (χ0n) is 11.0. The van der Waals surface area contributed by atoms with Gasteiger partial charge in [-0.1, -0.05) is 0 Å². The molecular formula is C12H10ClN3O5. The summed E-state index contributed by atoms with van der Waals surface area (Å²) in [6.07, 6.45) is 0. The first-order valence-corrected chi connectivity index (χ1v) is 5.96. The fourth-order valence-electron chi connectivity index (χ4n) is 1.44. The number of hydrogen-bond donors (Lipinski definition) is 1. The number of carboxylic acid groups (broad SMARTS) is 1. The lowest BCUT2D eigenvalue weighted by Crippen LogP contribution is -2.03. The molecule has 0 amide bonds. The van der Waals surface area contributed by atoms with Crippen molar-refractivity contribution >= 4 is 17.6 Å². The number of carbonyl (C=O) groups is 1. The normalized spacial score (nSPS) is 10.0. The highest BCUT2D eigenvalue weighted by atomic mass is 35.5. The van der Waals surface area contributed by atoms with Crippen LogP contribution in [-0.4, -0.2) is 40.2 Å². The number of rotatable bonds is 5. The average Bonchev–Trinajstić information content (AvgIpc) is 2.46. The van der Waals surface area contributed by atoms with E-state index >= 15 is 0 Å². The van der Waals surface area contributed by atoms with Crippen LogP contribution in [0.1, 0.15) is 10.4 Å². The standard InChI is InChI=1S/C12H10ClN3O5/c1-19-6-3-4-7(9(17)18)8(5-6)21-12-15-10(13)14-11(16-12)20-2/h3-5H,1-2H3,(H,17,18). The Morgan fingerprint density at radius 2 is 1.86 bits per heavy atom. The van der Waals surface area contributed by atoms with Gasteiger partial charge in [0.1, 0.15) is 17.1 Å². The maximum absolute atomic E-state index is 11.2. The summed E-state index contributed by atoms with van der Waals surface area (Å²) in [5.74, 6) is -0.743. The number of halogens is 1. The molecule has 0 fully saturated rings. The molecule has 1 aromatic carbocycles. The van der Waals surface area contributed by atoms with Crippen molar-refractivity contribution in [1.82, 2.24) is 15.0 Å². The van der Waals surface area contributed by atoms with Gasteiger partial charge in [-0.3, -0.25) is 0 Å². The number of benzene rings is 1. The summed E-state index contributed by atoms with van der Waals surface area (Å²) in [5, 5.41) is 9.00. The van der Waals surface area contributed by atoms with Gasteiger partial charge < -0.3 is 19.3 Å². The number of aromatic carboxylic acids is 1. The van der Waals surface area contributed by atoms with E-state index in [1.54, 1.807) is 0 Å². The van der Waals surface area contributed by atoms with Gasteiger partial charge in [0.25, 0.3) is 0 Å². The smallest absolute Gasteiger partial charge is 0.339 e. The molecule has 0 aliphatic heterocycles. The number of ether oxygens (including phenoxy) is 3. The molecule has 0 saturated heterocycles. The third-order valence-corrected chi connectivity index (χ3v) is 2.54. The number of nitrogens with zero attached hydrogens (tertiary/aromatic N) is 3. The molecule has 1 N–H and O–H groups in total. The Balaban J connectivity index is 2.42. The summed E-state index contributed by atoms with van der Waals surface area (Å²) in [6.45, 7) is 0. The van der Waals surface area contributed by atoms with Crippen LogP contribution < -0.4 is 14.2 Å². The minimum absolute atomic E-state index is 0.00571. The van der Waals surface area contributed by atoms with E-state index in [9.17, 15) is 4.79 Å². The lowest BCUT2D eigenvalue weighted by Gasteiger charge is -2.09. The van der Waals surface area contributed by atoms with Crippen LogP contribution in [0.2, 0.25) is 5.28 Å². The number of hydrogen-bond acceptors (Lipinski definition) is 7. The monoisotopic (exact) mass is 311 g/mol. The van der Waals surface area contributed by atoms with Crippen molar-refractivity contribution in [2.75, 3.05) is 14.2 Å². The molecule has 0 aliphatic rings. The van der Waals surface area contributed by atoms with Crippen LogP contribution in [0.25, 0.3) is 0 Å². The molecule has 0 saturated carbocycles. The van der Waals surface area contributed by atoms with Crippen molar-refractivity contribution in [3.05, 3.63) is 29.0 Å². The molecule has 9 heteroatoms. The van der Waals surface area contributed by atoms with E-state index in [4.69, 9.17) is 30.9 Å². The van der Waals surface area contributed by atoms with Crippen LogP contribution in [-0.2, 0) is 0 Å². The van der Waals surface area contributed by atoms with Gasteiger partial charge >= 0.3 is 18.0 Å². The minimum atomic E-state index is -1.17. The van der Waals surface area contributed by atoms with Gasteiger partial charge in [0.05, 0.1) is 14.2 Å². The van der Waals surface area contributed by atoms with Crippen molar-refractivity contribution in [3.8, 4) is 23.5 Å². The van der Waals surface area contributed by atoms with Crippen molar-refractivity contribution in [3.63, 3.8) is 0 Å². The van der Waals surface area contributed by atoms with Gasteiger partial charge in [0.15, 0.2) is 0 Å². The third-order valence-electron chi connectivity index (χ3n) is 2.37. The van der Waals surface area contributed by atoms with Crippen LogP contribution in [0, 0.1) is 0 Å². The number of carboxylic acids is 1. The van der Waals surface area contributed by atoms with Crippen LogP contribution in [0.15, 0.2) is 18.2 Å². The number of aromatic nitrogens is 3. The lowest BCUT2D eigenvalue weighted by atomic mass is 10.2. The summed E-state index contributed by atoms with van der Waals surface area (Å²) in [5.41, 5.74) is -0.0775. The van der Waals surface area contributed by atoms with Crippen LogP contribution in [0.3, 0.4) is 0 Å². The molecule has 0 spiro atoms. The lowest BCUT2D eigenvalue weighted by molar-refractivity contribution is 0.0694. The highest BCUT2D eigenvalue weighted by Crippen LogP contribution is 2.28. The minimum Gasteiger partial charge on any atom is -0.497 e. The summed E-state index contributed by atoms with van der Waals surface area (Å²) >= 11 is 5.69. The van der Waals surface area contributed by atoms with E-state index in [0.29, 0.717) is 5.75 Å². The van der Waals surface area contributed by atoms with E-state index in [0.717, 1.165) is 0 Å². The first-order valence-electron chi connectivity index (χ1n) is 5.58. The average molecular weight is 312 g/mol. The first kappa shape index (κ1) is 14.8. The summed E-state index contributed by atoms with van der Waals surface area (Å²) in [6, 6.07) is 3.99. The molecule has 0 radical (unpaired) electrons. The topological polar surface area (TPSA) is 104 Å². The molecule has 8 nitrogen and oxygen atoms in total. The molecule has 110 valence electrons. The Hall–Kier alpha value is -2.61. The molecule has 1 heterocycles. The van der Waals surface area contributed by atoms with E-state index < -0.39 is 5.97 Å². The quantitative estimate of drug-likeness (QED) is 0.894. The number of methoxy groups -OCH3 is 2. The largest absolute Gasteiger partial charge is 0.497 e. The Kier molecular flexibility index (Phi) is 4.39. The summed E-state index contributed by atoms with van der Waals surface area (Å²) in [7, 11) is 2.80. The van der Waals surface area contributed by atoms with Gasteiger partial charge in [-0.2, -0.15) is 9.97 Å². The molecule has 21 heavy (non-hydrogen) atoms. The van der Waals surface area contributed by atoms with Crippen molar-refractivity contribution in [2.45, 2.75) is 0 Å². The predicted octanol–water partition coefficient (Wildman–Crippen LogP) is 2.03. The second kappa shape index (κ2) is 6.23. The second-order valence-corrected chi connectivity index (χ2v) is 3.98. The van der Waals surface area contributed by atoms with Gasteiger partial charge in [0.2, 0.25) is 5.28 Å². The first-order chi connectivity index (χ1) is 10.0. The van der Waals surface area contributed by atoms with Crippen LogP contribution >= 0.6 is 11.6 Å². The van der Waals surface area contributed by atoms with E-state index in [-0.39, 0.29) is 28.6 Å². The fraction of sp³-hybridized carbons (Fsp3) is 0.167. The van der Waals surface area contributed by atoms with E-state index in [2.05, 4.69) is 15.0 Å². The SMILES string of the molecule is COc1ccc(C(=O)O)c(Oc2nc(Cl)nc(OC)n2)c1. The Morgan fingerprint density at radius 3 is 2.48 bits per heavy atom.